The van der Waals surface area contributed by atoms with Crippen molar-refractivity contribution in [1.82, 2.24) is 0 Å². The Morgan fingerprint density at radius 1 is 1.39 bits per heavy atom. The Kier molecular flexibility index (Phi) is 4.89. The number of halogens is 1. The molecule has 0 heterocycles. The minimum Gasteiger partial charge on any atom is -0.258 e. The maximum Gasteiger partial charge on any atom is 0.269 e. The lowest BCUT2D eigenvalue weighted by molar-refractivity contribution is -0.384. The van der Waals surface area contributed by atoms with Crippen molar-refractivity contribution in [2.75, 3.05) is 5.75 Å². The van der Waals surface area contributed by atoms with Gasteiger partial charge in [0, 0.05) is 22.9 Å². The predicted molar refractivity (Wildman–Crippen MR) is 76.2 cm³/mol. The third-order valence-electron chi connectivity index (χ3n) is 3.33. The van der Waals surface area contributed by atoms with Gasteiger partial charge < -0.3 is 0 Å². The van der Waals surface area contributed by atoms with Crippen LogP contribution in [-0.4, -0.2) is 10.7 Å². The van der Waals surface area contributed by atoms with Crippen LogP contribution >= 0.6 is 23.4 Å². The van der Waals surface area contributed by atoms with Crippen molar-refractivity contribution in [3.63, 3.8) is 0 Å². The Balaban J connectivity index is 1.91. The highest BCUT2D eigenvalue weighted by atomic mass is 35.5. The Morgan fingerprint density at radius 2 is 2.11 bits per heavy atom. The topological polar surface area (TPSA) is 43.1 Å². The van der Waals surface area contributed by atoms with Crippen molar-refractivity contribution >= 4 is 29.1 Å². The second-order valence-electron chi connectivity index (χ2n) is 4.70. The number of nitrogens with zero attached hydrogens (tertiary/aromatic N) is 1. The van der Waals surface area contributed by atoms with Gasteiger partial charge in [0.2, 0.25) is 0 Å². The van der Waals surface area contributed by atoms with E-state index in [1.54, 1.807) is 12.1 Å². The molecular weight excluding hydrogens is 270 g/mol. The highest BCUT2D eigenvalue weighted by Gasteiger charge is 2.15. The van der Waals surface area contributed by atoms with E-state index in [-0.39, 0.29) is 10.6 Å². The standard InChI is InChI=1S/C13H16ClNO2S/c14-13-6-5-12(15(16)17)7-11(13)9-18-8-10-3-1-2-4-10/h5-7,10H,1-4,8-9H2. The van der Waals surface area contributed by atoms with Gasteiger partial charge in [-0.3, -0.25) is 10.1 Å². The maximum atomic E-state index is 10.7. The van der Waals surface area contributed by atoms with Crippen LogP contribution in [0.25, 0.3) is 0 Å². The second kappa shape index (κ2) is 6.43. The quantitative estimate of drug-likeness (QED) is 0.583. The summed E-state index contributed by atoms with van der Waals surface area (Å²) in [5.74, 6) is 2.73. The zero-order valence-electron chi connectivity index (χ0n) is 10.1. The Morgan fingerprint density at radius 3 is 2.78 bits per heavy atom. The van der Waals surface area contributed by atoms with Gasteiger partial charge in [-0.1, -0.05) is 24.4 Å². The summed E-state index contributed by atoms with van der Waals surface area (Å²) in [5, 5.41) is 11.3. The molecule has 0 radical (unpaired) electrons. The average molecular weight is 286 g/mol. The highest BCUT2D eigenvalue weighted by molar-refractivity contribution is 7.98. The summed E-state index contributed by atoms with van der Waals surface area (Å²) >= 11 is 7.89. The zero-order chi connectivity index (χ0) is 13.0. The molecule has 0 spiro atoms. The summed E-state index contributed by atoms with van der Waals surface area (Å²) in [5.41, 5.74) is 0.990. The minimum atomic E-state index is -0.374. The number of thioether (sulfide) groups is 1. The van der Waals surface area contributed by atoms with Crippen LogP contribution in [0.4, 0.5) is 5.69 Å². The highest BCUT2D eigenvalue weighted by Crippen LogP contribution is 2.31. The maximum absolute atomic E-state index is 10.7. The Hall–Kier alpha value is -0.740. The van der Waals surface area contributed by atoms with E-state index in [4.69, 9.17) is 11.6 Å². The number of nitro groups is 1. The first-order chi connectivity index (χ1) is 8.66. The summed E-state index contributed by atoms with van der Waals surface area (Å²) in [6.07, 6.45) is 5.36. The Bertz CT molecular complexity index is 433. The zero-order valence-corrected chi connectivity index (χ0v) is 11.7. The van der Waals surface area contributed by atoms with E-state index in [1.807, 2.05) is 11.8 Å². The second-order valence-corrected chi connectivity index (χ2v) is 6.14. The monoisotopic (exact) mass is 285 g/mol. The van der Waals surface area contributed by atoms with Crippen LogP contribution in [-0.2, 0) is 5.75 Å². The smallest absolute Gasteiger partial charge is 0.258 e. The van der Waals surface area contributed by atoms with Crippen molar-refractivity contribution in [3.05, 3.63) is 38.9 Å². The van der Waals surface area contributed by atoms with Gasteiger partial charge in [-0.05, 0) is 36.1 Å². The van der Waals surface area contributed by atoms with Gasteiger partial charge in [0.15, 0.2) is 0 Å². The molecule has 0 bridgehead atoms. The van der Waals surface area contributed by atoms with E-state index in [2.05, 4.69) is 0 Å². The summed E-state index contributed by atoms with van der Waals surface area (Å²) in [4.78, 5) is 10.3. The van der Waals surface area contributed by atoms with Crippen molar-refractivity contribution in [3.8, 4) is 0 Å². The molecule has 0 atom stereocenters. The summed E-state index contributed by atoms with van der Waals surface area (Å²) in [7, 11) is 0. The van der Waals surface area contributed by atoms with E-state index in [0.717, 1.165) is 23.0 Å². The molecule has 1 saturated carbocycles. The lowest BCUT2D eigenvalue weighted by Crippen LogP contribution is -1.97. The molecule has 5 heteroatoms. The lowest BCUT2D eigenvalue weighted by atomic mass is 10.1. The fourth-order valence-electron chi connectivity index (χ4n) is 2.30. The molecule has 0 amide bonds. The van der Waals surface area contributed by atoms with Crippen molar-refractivity contribution < 1.29 is 4.92 Å². The largest absolute Gasteiger partial charge is 0.269 e. The molecule has 0 N–H and O–H groups in total. The summed E-state index contributed by atoms with van der Waals surface area (Å²) in [6, 6.07) is 4.66. The number of nitro benzene ring substituents is 1. The third-order valence-corrected chi connectivity index (χ3v) is 4.92. The summed E-state index contributed by atoms with van der Waals surface area (Å²) in [6.45, 7) is 0. The van der Waals surface area contributed by atoms with E-state index < -0.39 is 0 Å². The molecule has 0 aromatic heterocycles. The van der Waals surface area contributed by atoms with Crippen molar-refractivity contribution in [2.45, 2.75) is 31.4 Å². The van der Waals surface area contributed by atoms with Crippen LogP contribution in [0.2, 0.25) is 5.02 Å². The number of benzene rings is 1. The molecule has 3 nitrogen and oxygen atoms in total. The predicted octanol–water partition coefficient (Wildman–Crippen LogP) is 4.67. The van der Waals surface area contributed by atoms with E-state index in [0.29, 0.717) is 5.02 Å². The number of hydrogen-bond acceptors (Lipinski definition) is 3. The van der Waals surface area contributed by atoms with Crippen LogP contribution in [0.3, 0.4) is 0 Å². The van der Waals surface area contributed by atoms with E-state index in [9.17, 15) is 10.1 Å². The number of hydrogen-bond donors (Lipinski definition) is 0. The molecule has 0 saturated heterocycles. The van der Waals surface area contributed by atoms with Crippen LogP contribution < -0.4 is 0 Å². The fourth-order valence-corrected chi connectivity index (χ4v) is 3.80. The average Bonchev–Trinajstić information content (AvgIpc) is 2.84. The molecule has 1 fully saturated rings. The minimum absolute atomic E-state index is 0.121. The van der Waals surface area contributed by atoms with Gasteiger partial charge in [-0.25, -0.2) is 0 Å². The third kappa shape index (κ3) is 3.62. The van der Waals surface area contributed by atoms with Gasteiger partial charge in [0.05, 0.1) is 4.92 Å². The molecule has 98 valence electrons. The van der Waals surface area contributed by atoms with Crippen molar-refractivity contribution in [1.29, 1.82) is 0 Å². The molecule has 1 aromatic carbocycles. The van der Waals surface area contributed by atoms with Gasteiger partial charge in [-0.2, -0.15) is 11.8 Å². The molecule has 18 heavy (non-hydrogen) atoms. The van der Waals surface area contributed by atoms with Crippen LogP contribution in [0.1, 0.15) is 31.2 Å². The Labute approximate surface area is 116 Å². The molecule has 1 aromatic rings. The lowest BCUT2D eigenvalue weighted by Gasteiger charge is -2.09. The van der Waals surface area contributed by atoms with Gasteiger partial charge in [0.1, 0.15) is 0 Å². The number of rotatable bonds is 5. The molecule has 1 aliphatic rings. The first-order valence-corrected chi connectivity index (χ1v) is 7.70. The van der Waals surface area contributed by atoms with E-state index >= 15 is 0 Å². The molecule has 0 aliphatic heterocycles. The normalized spacial score (nSPS) is 16.1. The first kappa shape index (κ1) is 13.7. The molecule has 0 unspecified atom stereocenters. The van der Waals surface area contributed by atoms with E-state index in [1.165, 1.54) is 31.7 Å². The van der Waals surface area contributed by atoms with Crippen LogP contribution in [0.5, 0.6) is 0 Å². The SMILES string of the molecule is O=[N+]([O-])c1ccc(Cl)c(CSCC2CCCC2)c1. The van der Waals surface area contributed by atoms with Crippen LogP contribution in [0, 0.1) is 16.0 Å². The molecule has 2 rings (SSSR count). The fraction of sp³-hybridized carbons (Fsp3) is 0.538. The first-order valence-electron chi connectivity index (χ1n) is 6.17. The van der Waals surface area contributed by atoms with Gasteiger partial charge in [0.25, 0.3) is 5.69 Å². The number of non-ortho nitro benzene ring substituents is 1. The van der Waals surface area contributed by atoms with Crippen LogP contribution in [0.15, 0.2) is 18.2 Å². The molecule has 1 aliphatic carbocycles. The van der Waals surface area contributed by atoms with Gasteiger partial charge in [-0.15, -0.1) is 0 Å². The van der Waals surface area contributed by atoms with Gasteiger partial charge >= 0.3 is 0 Å². The molecular formula is C13H16ClNO2S. The summed E-state index contributed by atoms with van der Waals surface area (Å²) < 4.78 is 0. The van der Waals surface area contributed by atoms with Crippen molar-refractivity contribution in [2.24, 2.45) is 5.92 Å².